The van der Waals surface area contributed by atoms with Crippen molar-refractivity contribution in [1.82, 2.24) is 14.8 Å². The van der Waals surface area contributed by atoms with E-state index in [1.54, 1.807) is 29.2 Å². The van der Waals surface area contributed by atoms with E-state index >= 15 is 0 Å². The number of nitrogens with one attached hydrogen (secondary N) is 1. The standard InChI is InChI=1S/C21H23ClFN5O3S/c1-4-18(29)27-10-13(3)28(11-12(27)2)21-15-9-16(22)19(14-7-5-6-8-17(14)23)24-20(15)25-32(30,31)26-21/h4-9,12-13,30-31H,1,10-11H2,2-3H3,(H,24,25)/t12-,13+/m1/s1. The van der Waals surface area contributed by atoms with Crippen LogP contribution in [-0.4, -0.2) is 60.8 Å². The molecule has 2 aliphatic rings. The molecule has 0 bridgehead atoms. The number of benzene rings is 1. The fourth-order valence-electron chi connectivity index (χ4n) is 3.95. The van der Waals surface area contributed by atoms with Crippen molar-refractivity contribution in [1.29, 1.82) is 0 Å². The van der Waals surface area contributed by atoms with E-state index in [1.165, 1.54) is 12.1 Å². The Labute approximate surface area is 192 Å². The number of pyridine rings is 1. The lowest BCUT2D eigenvalue weighted by molar-refractivity contribution is -0.130. The average Bonchev–Trinajstić information content (AvgIpc) is 2.74. The van der Waals surface area contributed by atoms with E-state index in [4.69, 9.17) is 11.6 Å². The van der Waals surface area contributed by atoms with Gasteiger partial charge in [-0.25, -0.2) is 14.1 Å². The van der Waals surface area contributed by atoms with Crippen LogP contribution in [0.3, 0.4) is 0 Å². The number of rotatable bonds is 2. The van der Waals surface area contributed by atoms with E-state index in [1.807, 2.05) is 18.7 Å². The highest BCUT2D eigenvalue weighted by atomic mass is 35.5. The second-order valence-corrected chi connectivity index (χ2v) is 9.61. The largest absolute Gasteiger partial charge is 0.348 e. The zero-order valence-electron chi connectivity index (χ0n) is 17.5. The number of carbonyl (C=O) groups excluding carboxylic acids is 1. The van der Waals surface area contributed by atoms with Gasteiger partial charge in [0.25, 0.3) is 0 Å². The fraction of sp³-hybridized carbons (Fsp3) is 0.286. The van der Waals surface area contributed by atoms with Crippen LogP contribution >= 0.6 is 22.6 Å². The summed E-state index contributed by atoms with van der Waals surface area (Å²) in [5.74, 6) is -0.218. The summed E-state index contributed by atoms with van der Waals surface area (Å²) in [4.78, 5) is 20.2. The summed E-state index contributed by atoms with van der Waals surface area (Å²) in [6.45, 7) is 8.17. The molecule has 0 aliphatic carbocycles. The number of halogens is 2. The van der Waals surface area contributed by atoms with E-state index in [0.29, 0.717) is 24.5 Å². The average molecular weight is 480 g/mol. The van der Waals surface area contributed by atoms with Gasteiger partial charge in [-0.05, 0) is 49.1 Å². The lowest BCUT2D eigenvalue weighted by Gasteiger charge is -2.47. The molecule has 32 heavy (non-hydrogen) atoms. The van der Waals surface area contributed by atoms with Crippen LogP contribution in [0.15, 0.2) is 47.4 Å². The molecular weight excluding hydrogens is 457 g/mol. The summed E-state index contributed by atoms with van der Waals surface area (Å²) in [6.07, 6.45) is 1.28. The summed E-state index contributed by atoms with van der Waals surface area (Å²) >= 11 is 6.48. The van der Waals surface area contributed by atoms with Crippen molar-refractivity contribution in [3.05, 3.63) is 59.4 Å². The second kappa shape index (κ2) is 8.36. The molecule has 1 aromatic carbocycles. The number of nitrogens with zero attached hydrogens (tertiary/aromatic N) is 4. The molecule has 3 heterocycles. The third-order valence-electron chi connectivity index (χ3n) is 5.51. The predicted molar refractivity (Wildman–Crippen MR) is 125 cm³/mol. The van der Waals surface area contributed by atoms with Crippen LogP contribution in [0.1, 0.15) is 19.4 Å². The van der Waals surface area contributed by atoms with Crippen LogP contribution in [-0.2, 0) is 4.79 Å². The van der Waals surface area contributed by atoms with E-state index in [2.05, 4.69) is 20.7 Å². The maximum atomic E-state index is 14.3. The number of piperazine rings is 1. The molecule has 2 atom stereocenters. The summed E-state index contributed by atoms with van der Waals surface area (Å²) in [5, 5.41) is 0.197. The zero-order valence-corrected chi connectivity index (χ0v) is 19.1. The summed E-state index contributed by atoms with van der Waals surface area (Å²) in [7, 11) is -3.59. The third-order valence-corrected chi connectivity index (χ3v) is 6.69. The minimum absolute atomic E-state index is 0.141. The zero-order chi connectivity index (χ0) is 23.2. The first-order valence-electron chi connectivity index (χ1n) is 9.92. The van der Waals surface area contributed by atoms with Gasteiger partial charge >= 0.3 is 0 Å². The molecule has 2 aromatic rings. The minimum Gasteiger partial charge on any atom is -0.348 e. The van der Waals surface area contributed by atoms with Crippen LogP contribution in [0.5, 0.6) is 0 Å². The van der Waals surface area contributed by atoms with Crippen molar-refractivity contribution in [3.63, 3.8) is 0 Å². The van der Waals surface area contributed by atoms with Crippen LogP contribution < -0.4 is 4.72 Å². The maximum absolute atomic E-state index is 14.3. The second-order valence-electron chi connectivity index (χ2n) is 7.78. The van der Waals surface area contributed by atoms with Gasteiger partial charge in [0, 0.05) is 30.7 Å². The molecule has 3 N–H and O–H groups in total. The van der Waals surface area contributed by atoms with E-state index in [0.717, 1.165) is 0 Å². The van der Waals surface area contributed by atoms with Gasteiger partial charge in [-0.15, -0.1) is 4.40 Å². The third kappa shape index (κ3) is 4.06. The Bertz CT molecular complexity index is 1130. The fourth-order valence-corrected chi connectivity index (χ4v) is 5.11. The van der Waals surface area contributed by atoms with Crippen LogP contribution in [0.25, 0.3) is 11.3 Å². The molecule has 0 unspecified atom stereocenters. The Morgan fingerprint density at radius 3 is 2.69 bits per heavy atom. The Morgan fingerprint density at radius 1 is 1.28 bits per heavy atom. The SMILES string of the molecule is C=CC(=O)N1C[C@H](C)N(C2=NS(O)(O)Nc3nc(-c4ccccc4F)c(Cl)cc32)C[C@H]1C. The maximum Gasteiger partial charge on any atom is 0.246 e. The van der Waals surface area contributed by atoms with Crippen LogP contribution in [0, 0.1) is 5.82 Å². The molecule has 11 heteroatoms. The normalized spacial score (nSPS) is 23.0. The first kappa shape index (κ1) is 22.5. The van der Waals surface area contributed by atoms with Crippen LogP contribution in [0.2, 0.25) is 5.02 Å². The first-order valence-corrected chi connectivity index (χ1v) is 11.8. The molecule has 1 saturated heterocycles. The molecule has 2 aliphatic heterocycles. The minimum atomic E-state index is -3.59. The molecule has 0 radical (unpaired) electrons. The molecule has 1 fully saturated rings. The molecular formula is C21H23ClFN5O3S. The summed E-state index contributed by atoms with van der Waals surface area (Å²) in [6, 6.07) is 7.31. The number of carbonyl (C=O) groups is 1. The molecule has 0 saturated carbocycles. The predicted octanol–water partition coefficient (Wildman–Crippen LogP) is 4.40. The van der Waals surface area contributed by atoms with Crippen molar-refractivity contribution in [3.8, 4) is 11.3 Å². The van der Waals surface area contributed by atoms with E-state index < -0.39 is 16.8 Å². The van der Waals surface area contributed by atoms with Gasteiger partial charge in [-0.2, -0.15) is 0 Å². The molecule has 8 nitrogen and oxygen atoms in total. The number of fused-ring (bicyclic) bond motifs is 1. The molecule has 0 spiro atoms. The van der Waals surface area contributed by atoms with Gasteiger partial charge in [0.05, 0.1) is 16.3 Å². The molecule has 1 amide bonds. The van der Waals surface area contributed by atoms with Crippen molar-refractivity contribution < 1.29 is 18.3 Å². The number of amides is 1. The van der Waals surface area contributed by atoms with Crippen molar-refractivity contribution in [2.75, 3.05) is 17.8 Å². The molecule has 1 aromatic heterocycles. The highest BCUT2D eigenvalue weighted by Gasteiger charge is 2.37. The van der Waals surface area contributed by atoms with Crippen molar-refractivity contribution >= 4 is 40.1 Å². The smallest absolute Gasteiger partial charge is 0.246 e. The number of aromatic nitrogens is 1. The Kier molecular flexibility index (Phi) is 5.89. The van der Waals surface area contributed by atoms with E-state index in [9.17, 15) is 18.3 Å². The van der Waals surface area contributed by atoms with Gasteiger partial charge < -0.3 is 9.80 Å². The topological polar surface area (TPSA) is 101 Å². The van der Waals surface area contributed by atoms with Gasteiger partial charge in [0.1, 0.15) is 5.82 Å². The highest BCUT2D eigenvalue weighted by molar-refractivity contribution is 8.24. The monoisotopic (exact) mass is 479 g/mol. The summed E-state index contributed by atoms with van der Waals surface area (Å²) in [5.41, 5.74) is 0.834. The van der Waals surface area contributed by atoms with Crippen LogP contribution in [0.4, 0.5) is 10.2 Å². The van der Waals surface area contributed by atoms with Gasteiger partial charge in [-0.1, -0.05) is 30.3 Å². The Morgan fingerprint density at radius 2 is 2.00 bits per heavy atom. The highest BCUT2D eigenvalue weighted by Crippen LogP contribution is 2.47. The van der Waals surface area contributed by atoms with Crippen molar-refractivity contribution in [2.24, 2.45) is 4.40 Å². The van der Waals surface area contributed by atoms with E-state index in [-0.39, 0.29) is 40.1 Å². The number of hydrogen-bond donors (Lipinski definition) is 3. The van der Waals surface area contributed by atoms with Gasteiger partial charge in [0.2, 0.25) is 5.91 Å². The molecule has 170 valence electrons. The molecule has 4 rings (SSSR count). The lowest BCUT2D eigenvalue weighted by Crippen LogP contribution is -2.59. The van der Waals surface area contributed by atoms with Crippen molar-refractivity contribution in [2.45, 2.75) is 25.9 Å². The number of amidine groups is 1. The van der Waals surface area contributed by atoms with Gasteiger partial charge in [-0.3, -0.25) is 13.9 Å². The number of hydrogen-bond acceptors (Lipinski definition) is 7. The first-order chi connectivity index (χ1) is 15.1. The number of anilines is 1. The summed E-state index contributed by atoms with van der Waals surface area (Å²) < 4.78 is 41.9. The lowest BCUT2D eigenvalue weighted by atomic mass is 10.0. The van der Waals surface area contributed by atoms with Gasteiger partial charge in [0.15, 0.2) is 11.7 Å². The quantitative estimate of drug-likeness (QED) is 0.552. The Hall–Kier alpha value is -2.66. The Balaban J connectivity index is 1.77.